The lowest BCUT2D eigenvalue weighted by atomic mass is 9.52. The Labute approximate surface area is 208 Å². The van der Waals surface area contributed by atoms with Gasteiger partial charge in [-0.15, -0.1) is 0 Å². The number of hydrogen-bond donors (Lipinski definition) is 1. The minimum absolute atomic E-state index is 0.0297. The molecule has 2 saturated carbocycles. The van der Waals surface area contributed by atoms with Crippen molar-refractivity contribution in [2.45, 2.75) is 69.0 Å². The van der Waals surface area contributed by atoms with Gasteiger partial charge in [0, 0.05) is 17.5 Å². The van der Waals surface area contributed by atoms with Crippen molar-refractivity contribution in [3.63, 3.8) is 0 Å². The van der Waals surface area contributed by atoms with E-state index in [-0.39, 0.29) is 5.41 Å². The third kappa shape index (κ3) is 4.73. The van der Waals surface area contributed by atoms with Crippen LogP contribution in [0.2, 0.25) is 0 Å². The molecule has 6 rings (SSSR count). The summed E-state index contributed by atoms with van der Waals surface area (Å²) in [4.78, 5) is 4.38. The maximum atomic E-state index is 11.4. The van der Waals surface area contributed by atoms with Gasteiger partial charge in [0.2, 0.25) is 0 Å². The lowest BCUT2D eigenvalue weighted by Crippen LogP contribution is -2.50. The summed E-state index contributed by atoms with van der Waals surface area (Å²) in [5.41, 5.74) is 4.34. The van der Waals surface area contributed by atoms with Gasteiger partial charge >= 0.3 is 0 Å². The van der Waals surface area contributed by atoms with Gasteiger partial charge in [0.1, 0.15) is 18.0 Å². The molecule has 0 saturated heterocycles. The van der Waals surface area contributed by atoms with Crippen LogP contribution in [-0.2, 0) is 24.9 Å². The Kier molecular flexibility index (Phi) is 5.86. The van der Waals surface area contributed by atoms with Gasteiger partial charge in [-0.2, -0.15) is 0 Å². The Morgan fingerprint density at radius 1 is 0.971 bits per heavy atom. The normalized spacial score (nSPS) is 27.2. The van der Waals surface area contributed by atoms with Crippen molar-refractivity contribution in [3.05, 3.63) is 95.3 Å². The van der Waals surface area contributed by atoms with Gasteiger partial charge in [0.15, 0.2) is 0 Å². The summed E-state index contributed by atoms with van der Waals surface area (Å²) in [7, 11) is 0. The number of pyridine rings is 1. The number of benzene rings is 2. The highest BCUT2D eigenvalue weighted by Gasteiger charge is 2.51. The second-order valence-electron chi connectivity index (χ2n) is 10.8. The lowest BCUT2D eigenvalue weighted by Gasteiger charge is -2.52. The fourth-order valence-electron chi connectivity index (χ4n) is 6.26. The Balaban J connectivity index is 1.30. The molecule has 3 aromatic rings. The third-order valence-corrected chi connectivity index (χ3v) is 8.29. The predicted molar refractivity (Wildman–Crippen MR) is 138 cm³/mol. The van der Waals surface area contributed by atoms with E-state index in [9.17, 15) is 5.11 Å². The van der Waals surface area contributed by atoms with Crippen LogP contribution in [0, 0.1) is 23.7 Å². The first-order valence-corrected chi connectivity index (χ1v) is 13.1. The number of aryl methyl sites for hydroxylation is 1. The molecular weight excluding hydrogens is 430 g/mol. The van der Waals surface area contributed by atoms with Crippen molar-refractivity contribution >= 4 is 0 Å². The average molecular weight is 464 g/mol. The fraction of sp³-hybridized carbons (Fsp3) is 0.406. The zero-order chi connectivity index (χ0) is 23.7. The zero-order valence-electron chi connectivity index (χ0n) is 20.2. The number of rotatable bonds is 5. The molecule has 1 heterocycles. The van der Waals surface area contributed by atoms with Gasteiger partial charge in [0.05, 0.1) is 5.69 Å². The lowest BCUT2D eigenvalue weighted by molar-refractivity contribution is -0.00811. The Bertz CT molecular complexity index is 1240. The molecule has 0 radical (unpaired) electrons. The Hall–Kier alpha value is -3.09. The molecule has 0 spiro atoms. The maximum Gasteiger partial charge on any atom is 0.130 e. The summed E-state index contributed by atoms with van der Waals surface area (Å²) >= 11 is 0. The van der Waals surface area contributed by atoms with E-state index in [0.29, 0.717) is 18.4 Å². The van der Waals surface area contributed by atoms with Gasteiger partial charge in [-0.05, 0) is 98.2 Å². The molecule has 3 nitrogen and oxygen atoms in total. The number of nitrogens with zero attached hydrogens (tertiary/aromatic N) is 1. The number of ether oxygens (including phenoxy) is 1. The molecule has 178 valence electrons. The van der Waals surface area contributed by atoms with E-state index >= 15 is 0 Å². The molecule has 0 unspecified atom stereocenters. The molecule has 0 bridgehead atoms. The molecule has 2 aromatic carbocycles. The molecular formula is C32H33NO2. The van der Waals surface area contributed by atoms with Crippen LogP contribution in [0.25, 0.3) is 0 Å². The van der Waals surface area contributed by atoms with E-state index in [1.54, 1.807) is 6.20 Å². The molecule has 1 N–H and O–H groups in total. The quantitative estimate of drug-likeness (QED) is 0.470. The summed E-state index contributed by atoms with van der Waals surface area (Å²) in [6.07, 6.45) is 9.78. The average Bonchev–Trinajstić information content (AvgIpc) is 3.73. The number of aromatic nitrogens is 1. The summed E-state index contributed by atoms with van der Waals surface area (Å²) in [5.74, 6) is 8.52. The molecule has 3 aliphatic rings. The second-order valence-corrected chi connectivity index (χ2v) is 10.8. The van der Waals surface area contributed by atoms with E-state index in [0.717, 1.165) is 50.0 Å². The van der Waals surface area contributed by atoms with Crippen LogP contribution in [0.3, 0.4) is 0 Å². The zero-order valence-corrected chi connectivity index (χ0v) is 20.2. The highest BCUT2D eigenvalue weighted by Crippen LogP contribution is 2.54. The van der Waals surface area contributed by atoms with Gasteiger partial charge in [-0.3, -0.25) is 4.98 Å². The number of fused-ring (bicyclic) bond motifs is 3. The van der Waals surface area contributed by atoms with Crippen molar-refractivity contribution in [2.24, 2.45) is 11.8 Å². The number of aliphatic hydroxyl groups is 1. The largest absolute Gasteiger partial charge is 0.487 e. The molecule has 35 heavy (non-hydrogen) atoms. The first kappa shape index (κ1) is 22.4. The van der Waals surface area contributed by atoms with Gasteiger partial charge < -0.3 is 9.84 Å². The Morgan fingerprint density at radius 3 is 2.63 bits per heavy atom. The summed E-state index contributed by atoms with van der Waals surface area (Å²) in [6, 6.07) is 23.4. The molecule has 2 fully saturated rings. The second kappa shape index (κ2) is 9.17. The molecule has 1 aromatic heterocycles. The first-order chi connectivity index (χ1) is 17.1. The van der Waals surface area contributed by atoms with Crippen LogP contribution in [0.5, 0.6) is 5.75 Å². The third-order valence-electron chi connectivity index (χ3n) is 8.29. The van der Waals surface area contributed by atoms with E-state index in [1.807, 2.05) is 18.2 Å². The van der Waals surface area contributed by atoms with Crippen molar-refractivity contribution in [2.75, 3.05) is 0 Å². The van der Waals surface area contributed by atoms with Crippen molar-refractivity contribution in [1.82, 2.24) is 4.98 Å². The SMILES string of the molecule is O[C@]1(C#CC2CC2)CC[C@@]2(Cc3ccccc3)c3ccc(OCc4ccccn4)cc3CC[C@@H]2C1. The minimum Gasteiger partial charge on any atom is -0.487 e. The first-order valence-electron chi connectivity index (χ1n) is 13.1. The summed E-state index contributed by atoms with van der Waals surface area (Å²) in [6.45, 7) is 0.476. The van der Waals surface area contributed by atoms with Crippen LogP contribution < -0.4 is 4.74 Å². The van der Waals surface area contributed by atoms with E-state index in [2.05, 4.69) is 65.4 Å². The highest BCUT2D eigenvalue weighted by molar-refractivity contribution is 5.45. The molecule has 3 aliphatic carbocycles. The molecule has 0 aliphatic heterocycles. The standard InChI is InChI=1S/C32H33NO2/c34-31(16-15-24-9-10-24)17-18-32(21-25-6-2-1-3-7-25)27(22-31)12-11-26-20-29(13-14-30(26)32)35-23-28-8-4-5-19-33-28/h1-8,13-14,19-20,24,27,34H,9-12,17-18,21-23H2/t27-,31-,32+/m1/s1. The van der Waals surface area contributed by atoms with Crippen molar-refractivity contribution in [1.29, 1.82) is 0 Å². The topological polar surface area (TPSA) is 42.4 Å². The molecule has 3 atom stereocenters. The maximum absolute atomic E-state index is 11.4. The highest BCUT2D eigenvalue weighted by atomic mass is 16.5. The Morgan fingerprint density at radius 2 is 1.83 bits per heavy atom. The van der Waals surface area contributed by atoms with E-state index in [1.165, 1.54) is 29.5 Å². The summed E-state index contributed by atoms with van der Waals surface area (Å²) < 4.78 is 6.12. The molecule has 0 amide bonds. The smallest absolute Gasteiger partial charge is 0.130 e. The summed E-state index contributed by atoms with van der Waals surface area (Å²) in [5, 5.41) is 11.4. The van der Waals surface area contributed by atoms with Crippen LogP contribution in [0.4, 0.5) is 0 Å². The van der Waals surface area contributed by atoms with E-state index in [4.69, 9.17) is 4.74 Å². The van der Waals surface area contributed by atoms with Crippen LogP contribution in [0.15, 0.2) is 72.9 Å². The van der Waals surface area contributed by atoms with Gasteiger partial charge in [-0.1, -0.05) is 54.3 Å². The predicted octanol–water partition coefficient (Wildman–Crippen LogP) is 6.03. The molecule has 3 heteroatoms. The fourth-order valence-corrected chi connectivity index (χ4v) is 6.26. The van der Waals surface area contributed by atoms with Crippen molar-refractivity contribution < 1.29 is 9.84 Å². The van der Waals surface area contributed by atoms with Gasteiger partial charge in [0.25, 0.3) is 0 Å². The van der Waals surface area contributed by atoms with E-state index < -0.39 is 5.60 Å². The monoisotopic (exact) mass is 463 g/mol. The minimum atomic E-state index is -0.837. The van der Waals surface area contributed by atoms with Crippen LogP contribution >= 0.6 is 0 Å². The van der Waals surface area contributed by atoms with Crippen LogP contribution in [-0.4, -0.2) is 15.7 Å². The number of hydrogen-bond acceptors (Lipinski definition) is 3. The van der Waals surface area contributed by atoms with Crippen molar-refractivity contribution in [3.8, 4) is 17.6 Å². The van der Waals surface area contributed by atoms with Gasteiger partial charge in [-0.25, -0.2) is 0 Å². The van der Waals surface area contributed by atoms with Crippen LogP contribution in [0.1, 0.15) is 60.9 Å².